The van der Waals surface area contributed by atoms with Gasteiger partial charge in [0.25, 0.3) is 0 Å². The van der Waals surface area contributed by atoms with Gasteiger partial charge in [-0.05, 0) is 71.9 Å². The van der Waals surface area contributed by atoms with Gasteiger partial charge in [-0.2, -0.15) is 0 Å². The van der Waals surface area contributed by atoms with Crippen LogP contribution >= 0.6 is 0 Å². The first-order valence-electron chi connectivity index (χ1n) is 9.93. The van der Waals surface area contributed by atoms with E-state index in [2.05, 4.69) is 60.5 Å². The molecule has 0 bridgehead atoms. The molecule has 1 heteroatoms. The van der Waals surface area contributed by atoms with Crippen molar-refractivity contribution in [3.05, 3.63) is 95.6 Å². The fourth-order valence-corrected chi connectivity index (χ4v) is 4.60. The summed E-state index contributed by atoms with van der Waals surface area (Å²) in [6.45, 7) is 10.7. The van der Waals surface area contributed by atoms with Gasteiger partial charge in [0.2, 0.25) is 0 Å². The van der Waals surface area contributed by atoms with Crippen molar-refractivity contribution in [3.63, 3.8) is 0 Å². The smallest absolute Gasteiger partial charge is 0.0163 e. The van der Waals surface area contributed by atoms with Crippen LogP contribution in [0.5, 0.6) is 0 Å². The highest BCUT2D eigenvalue weighted by Crippen LogP contribution is 2.58. The van der Waals surface area contributed by atoms with Gasteiger partial charge in [0.1, 0.15) is 0 Å². The summed E-state index contributed by atoms with van der Waals surface area (Å²) >= 11 is 0. The van der Waals surface area contributed by atoms with E-state index in [1.165, 1.54) is 18.4 Å². The van der Waals surface area contributed by atoms with Crippen LogP contribution in [-0.4, -0.2) is 24.5 Å². The summed E-state index contributed by atoms with van der Waals surface area (Å²) < 4.78 is 0. The van der Waals surface area contributed by atoms with E-state index in [-0.39, 0.29) is 0 Å². The molecule has 2 unspecified atom stereocenters. The Bertz CT molecular complexity index is 794. The summed E-state index contributed by atoms with van der Waals surface area (Å²) in [7, 11) is 0. The Morgan fingerprint density at radius 2 is 1.65 bits per heavy atom. The molecular weight excluding hydrogens is 314 g/mol. The summed E-state index contributed by atoms with van der Waals surface area (Å²) in [6, 6.07) is 16.3. The van der Waals surface area contributed by atoms with Crippen molar-refractivity contribution in [2.45, 2.75) is 37.5 Å². The van der Waals surface area contributed by atoms with Gasteiger partial charge in [0, 0.05) is 13.1 Å². The van der Waals surface area contributed by atoms with Crippen molar-refractivity contribution < 1.29 is 0 Å². The second-order valence-electron chi connectivity index (χ2n) is 7.80. The molecule has 0 aliphatic heterocycles. The summed E-state index contributed by atoms with van der Waals surface area (Å²) in [5, 5.41) is 0. The van der Waals surface area contributed by atoms with Crippen molar-refractivity contribution >= 4 is 0 Å². The highest BCUT2D eigenvalue weighted by Gasteiger charge is 2.43. The number of hydrogen-bond acceptors (Lipinski definition) is 1. The Morgan fingerprint density at radius 1 is 0.923 bits per heavy atom. The number of rotatable bonds is 8. The molecule has 0 radical (unpaired) electrons. The normalized spacial score (nSPS) is 19.9. The Hall–Kier alpha value is -2.12. The quantitative estimate of drug-likeness (QED) is 0.575. The van der Waals surface area contributed by atoms with Crippen molar-refractivity contribution in [2.24, 2.45) is 0 Å². The van der Waals surface area contributed by atoms with Crippen LogP contribution in [0.25, 0.3) is 0 Å². The Balaban J connectivity index is 1.46. The maximum Gasteiger partial charge on any atom is 0.0163 e. The topological polar surface area (TPSA) is 3.24 Å². The summed E-state index contributed by atoms with van der Waals surface area (Å²) in [4.78, 5) is 2.40. The molecule has 0 saturated heterocycles. The molecule has 0 N–H and O–H groups in total. The van der Waals surface area contributed by atoms with Crippen LogP contribution in [0, 0.1) is 0 Å². The standard InChI is InChI=1S/C25H29N/c1-3-13-26(14-4-2)15-7-8-19-11-12-23-21(16-19)17-20-9-5-6-10-22(20)24-18-25(23)24/h3-6,9-12,16,24-25H,1-2,7-8,13-15,17-18H2. The Kier molecular flexibility index (Phi) is 5.08. The lowest BCUT2D eigenvalue weighted by atomic mass is 9.95. The van der Waals surface area contributed by atoms with Gasteiger partial charge in [-0.3, -0.25) is 4.90 Å². The van der Waals surface area contributed by atoms with E-state index in [9.17, 15) is 0 Å². The molecule has 0 aromatic heterocycles. The van der Waals surface area contributed by atoms with E-state index in [4.69, 9.17) is 0 Å². The van der Waals surface area contributed by atoms with Gasteiger partial charge in [-0.1, -0.05) is 54.6 Å². The maximum absolute atomic E-state index is 3.86. The zero-order valence-corrected chi connectivity index (χ0v) is 15.7. The molecule has 2 aromatic rings. The fourth-order valence-electron chi connectivity index (χ4n) is 4.60. The molecule has 0 spiro atoms. The molecule has 4 rings (SSSR count). The van der Waals surface area contributed by atoms with Crippen LogP contribution in [0.1, 0.15) is 52.5 Å². The minimum Gasteiger partial charge on any atom is -0.296 e. The number of aryl methyl sites for hydroxylation is 1. The number of fused-ring (bicyclic) bond motifs is 5. The number of hydrogen-bond donors (Lipinski definition) is 0. The van der Waals surface area contributed by atoms with E-state index >= 15 is 0 Å². The van der Waals surface area contributed by atoms with Crippen LogP contribution in [0.15, 0.2) is 67.8 Å². The molecule has 1 saturated carbocycles. The second kappa shape index (κ2) is 7.63. The summed E-state index contributed by atoms with van der Waals surface area (Å²) in [5.74, 6) is 1.53. The largest absolute Gasteiger partial charge is 0.296 e. The minimum atomic E-state index is 0.762. The molecule has 2 aromatic carbocycles. The predicted molar refractivity (Wildman–Crippen MR) is 111 cm³/mol. The fraction of sp³-hybridized carbons (Fsp3) is 0.360. The lowest BCUT2D eigenvalue weighted by Crippen LogP contribution is -2.25. The van der Waals surface area contributed by atoms with Crippen LogP contribution in [-0.2, 0) is 12.8 Å². The third-order valence-electron chi connectivity index (χ3n) is 5.95. The molecule has 1 nitrogen and oxygen atoms in total. The van der Waals surface area contributed by atoms with E-state index < -0.39 is 0 Å². The molecule has 26 heavy (non-hydrogen) atoms. The summed E-state index contributed by atoms with van der Waals surface area (Å²) in [6.07, 6.45) is 8.73. The minimum absolute atomic E-state index is 0.762. The average Bonchev–Trinajstić information content (AvgIpc) is 3.43. The maximum atomic E-state index is 3.86. The van der Waals surface area contributed by atoms with Crippen LogP contribution in [0.3, 0.4) is 0 Å². The summed E-state index contributed by atoms with van der Waals surface area (Å²) in [5.41, 5.74) is 7.79. The highest BCUT2D eigenvalue weighted by atomic mass is 15.1. The van der Waals surface area contributed by atoms with Gasteiger partial charge >= 0.3 is 0 Å². The molecule has 2 aliphatic carbocycles. The first-order chi connectivity index (χ1) is 12.8. The third kappa shape index (κ3) is 3.54. The van der Waals surface area contributed by atoms with Crippen molar-refractivity contribution in [1.29, 1.82) is 0 Å². The number of nitrogens with zero attached hydrogens (tertiary/aromatic N) is 1. The molecule has 0 heterocycles. The average molecular weight is 344 g/mol. The molecule has 134 valence electrons. The van der Waals surface area contributed by atoms with E-state index in [0.717, 1.165) is 44.3 Å². The Morgan fingerprint density at radius 3 is 2.42 bits per heavy atom. The second-order valence-corrected chi connectivity index (χ2v) is 7.80. The van der Waals surface area contributed by atoms with Crippen LogP contribution in [0.2, 0.25) is 0 Å². The zero-order valence-electron chi connectivity index (χ0n) is 15.7. The van der Waals surface area contributed by atoms with Crippen LogP contribution < -0.4 is 0 Å². The molecule has 1 fully saturated rings. The third-order valence-corrected chi connectivity index (χ3v) is 5.95. The lowest BCUT2D eigenvalue weighted by Gasteiger charge is -2.18. The lowest BCUT2D eigenvalue weighted by molar-refractivity contribution is 0.330. The Labute approximate surface area is 158 Å². The van der Waals surface area contributed by atoms with Gasteiger partial charge in [-0.25, -0.2) is 0 Å². The first-order valence-corrected chi connectivity index (χ1v) is 9.93. The first kappa shape index (κ1) is 17.3. The van der Waals surface area contributed by atoms with E-state index in [0.29, 0.717) is 0 Å². The van der Waals surface area contributed by atoms with E-state index in [1.807, 2.05) is 12.2 Å². The van der Waals surface area contributed by atoms with Crippen molar-refractivity contribution in [2.75, 3.05) is 19.6 Å². The van der Waals surface area contributed by atoms with Crippen LogP contribution in [0.4, 0.5) is 0 Å². The SMILES string of the molecule is C=CCN(CC=C)CCCc1ccc2c(c1)Cc1ccccc1C1CC21. The van der Waals surface area contributed by atoms with Gasteiger partial charge in [-0.15, -0.1) is 13.2 Å². The highest BCUT2D eigenvalue weighted by molar-refractivity contribution is 5.50. The predicted octanol–water partition coefficient (Wildman–Crippen LogP) is 5.47. The molecule has 2 atom stereocenters. The molecule has 0 amide bonds. The zero-order chi connectivity index (χ0) is 17.9. The van der Waals surface area contributed by atoms with Gasteiger partial charge in [0.05, 0.1) is 0 Å². The van der Waals surface area contributed by atoms with Crippen molar-refractivity contribution in [1.82, 2.24) is 4.90 Å². The van der Waals surface area contributed by atoms with E-state index in [1.54, 1.807) is 22.3 Å². The number of benzene rings is 2. The van der Waals surface area contributed by atoms with Gasteiger partial charge < -0.3 is 0 Å². The molecular formula is C25H29N. The molecule has 2 aliphatic rings. The van der Waals surface area contributed by atoms with Crippen molar-refractivity contribution in [3.8, 4) is 0 Å². The monoisotopic (exact) mass is 343 g/mol. The van der Waals surface area contributed by atoms with Gasteiger partial charge in [0.15, 0.2) is 0 Å².